The van der Waals surface area contributed by atoms with Crippen molar-refractivity contribution in [3.8, 4) is 0 Å². The van der Waals surface area contributed by atoms with Gasteiger partial charge in [-0.3, -0.25) is 10.1 Å². The molecule has 5 heteroatoms. The Morgan fingerprint density at radius 2 is 2.10 bits per heavy atom. The summed E-state index contributed by atoms with van der Waals surface area (Å²) in [5.41, 5.74) is -0.760. The van der Waals surface area contributed by atoms with Gasteiger partial charge < -0.3 is 9.84 Å². The Hall–Kier alpha value is -0.260. The predicted octanol–water partition coefficient (Wildman–Crippen LogP) is 2.91. The van der Waals surface area contributed by atoms with Gasteiger partial charge in [0.2, 0.25) is 0 Å². The maximum atomic E-state index is 11.6. The van der Waals surface area contributed by atoms with Gasteiger partial charge in [-0.1, -0.05) is 6.92 Å². The van der Waals surface area contributed by atoms with Crippen LogP contribution in [-0.4, -0.2) is 46.9 Å². The molecule has 1 saturated heterocycles. The summed E-state index contributed by atoms with van der Waals surface area (Å²) >= 11 is 1.98. The van der Waals surface area contributed by atoms with Crippen LogP contribution in [0.1, 0.15) is 52.9 Å². The molecule has 1 rings (SSSR count). The van der Waals surface area contributed by atoms with Gasteiger partial charge in [-0.15, -0.1) is 0 Å². The van der Waals surface area contributed by atoms with Gasteiger partial charge in [0.05, 0.1) is 0 Å². The molecule has 0 radical (unpaired) electrons. The van der Waals surface area contributed by atoms with E-state index >= 15 is 0 Å². The molecule has 0 bridgehead atoms. The van der Waals surface area contributed by atoms with Gasteiger partial charge in [0.1, 0.15) is 5.54 Å². The fourth-order valence-electron chi connectivity index (χ4n) is 2.69. The largest absolute Gasteiger partial charge is 0.480 e. The van der Waals surface area contributed by atoms with Crippen molar-refractivity contribution in [1.29, 1.82) is 0 Å². The zero-order chi connectivity index (χ0) is 15.0. The number of ether oxygens (including phenoxy) is 1. The molecule has 20 heavy (non-hydrogen) atoms. The number of hydrogen-bond acceptors (Lipinski definition) is 4. The van der Waals surface area contributed by atoms with Gasteiger partial charge in [0, 0.05) is 24.5 Å². The quantitative estimate of drug-likeness (QED) is 0.641. The first-order valence-electron chi connectivity index (χ1n) is 7.70. The second-order valence-corrected chi connectivity index (χ2v) is 7.23. The van der Waals surface area contributed by atoms with Crippen LogP contribution in [0.4, 0.5) is 0 Å². The monoisotopic (exact) mass is 303 g/mol. The lowest BCUT2D eigenvalue weighted by atomic mass is 9.90. The van der Waals surface area contributed by atoms with E-state index in [0.717, 1.165) is 38.2 Å². The molecule has 0 aromatic rings. The van der Waals surface area contributed by atoms with Crippen molar-refractivity contribution < 1.29 is 14.6 Å². The average molecular weight is 303 g/mol. The van der Waals surface area contributed by atoms with Crippen LogP contribution in [0, 0.1) is 0 Å². The van der Waals surface area contributed by atoms with E-state index in [9.17, 15) is 9.90 Å². The molecule has 1 unspecified atom stereocenters. The summed E-state index contributed by atoms with van der Waals surface area (Å²) in [7, 11) is 0. The van der Waals surface area contributed by atoms with Crippen molar-refractivity contribution in [2.75, 3.05) is 19.0 Å². The summed E-state index contributed by atoms with van der Waals surface area (Å²) in [6.45, 7) is 7.71. The summed E-state index contributed by atoms with van der Waals surface area (Å²) in [6.07, 6.45) is 4.54. The highest BCUT2D eigenvalue weighted by Crippen LogP contribution is 2.25. The molecule has 1 heterocycles. The summed E-state index contributed by atoms with van der Waals surface area (Å²) in [5, 5.41) is 13.5. The fourth-order valence-corrected chi connectivity index (χ4v) is 3.86. The van der Waals surface area contributed by atoms with Crippen molar-refractivity contribution in [1.82, 2.24) is 5.32 Å². The molecule has 1 aliphatic rings. The Labute approximate surface area is 127 Å². The van der Waals surface area contributed by atoms with Crippen molar-refractivity contribution >= 4 is 17.7 Å². The van der Waals surface area contributed by atoms with E-state index in [2.05, 4.69) is 5.32 Å². The van der Waals surface area contributed by atoms with Gasteiger partial charge in [0.25, 0.3) is 0 Å². The van der Waals surface area contributed by atoms with Gasteiger partial charge in [-0.05, 0) is 51.7 Å². The van der Waals surface area contributed by atoms with Gasteiger partial charge in [-0.2, -0.15) is 11.8 Å². The maximum absolute atomic E-state index is 11.6. The minimum absolute atomic E-state index is 0.189. The number of nitrogens with one attached hydrogen (secondary N) is 1. The first-order valence-corrected chi connectivity index (χ1v) is 8.75. The van der Waals surface area contributed by atoms with Crippen molar-refractivity contribution in [2.24, 2.45) is 0 Å². The number of aliphatic carboxylic acids is 1. The van der Waals surface area contributed by atoms with Crippen LogP contribution in [0.25, 0.3) is 0 Å². The molecule has 4 nitrogen and oxygen atoms in total. The molecule has 0 aromatic carbocycles. The molecule has 2 N–H and O–H groups in total. The summed E-state index contributed by atoms with van der Waals surface area (Å²) in [4.78, 5) is 11.6. The van der Waals surface area contributed by atoms with E-state index in [1.54, 1.807) is 0 Å². The average Bonchev–Trinajstić information content (AvgIpc) is 2.42. The number of thioether (sulfide) groups is 1. The van der Waals surface area contributed by atoms with E-state index in [-0.39, 0.29) is 6.04 Å². The van der Waals surface area contributed by atoms with Crippen LogP contribution in [0.5, 0.6) is 0 Å². The molecular formula is C15H29NO3S. The number of carbonyl (C=O) groups is 1. The fraction of sp³-hybridized carbons (Fsp3) is 0.933. The van der Waals surface area contributed by atoms with E-state index in [4.69, 9.17) is 4.74 Å². The Bertz CT molecular complexity index is 293. The highest BCUT2D eigenvalue weighted by molar-refractivity contribution is 7.99. The highest BCUT2D eigenvalue weighted by Gasteiger charge is 2.36. The van der Waals surface area contributed by atoms with Crippen molar-refractivity contribution in [2.45, 2.75) is 69.7 Å². The van der Waals surface area contributed by atoms with E-state index in [1.165, 1.54) is 0 Å². The maximum Gasteiger partial charge on any atom is 0.323 e. The molecular weight excluding hydrogens is 274 g/mol. The van der Waals surface area contributed by atoms with E-state index < -0.39 is 11.5 Å². The lowest BCUT2D eigenvalue weighted by molar-refractivity contribution is -0.145. The van der Waals surface area contributed by atoms with Crippen LogP contribution in [0.15, 0.2) is 0 Å². The normalized spacial score (nSPS) is 20.0. The zero-order valence-electron chi connectivity index (χ0n) is 13.0. The smallest absolute Gasteiger partial charge is 0.323 e. The van der Waals surface area contributed by atoms with Gasteiger partial charge in [0.15, 0.2) is 0 Å². The van der Waals surface area contributed by atoms with Crippen LogP contribution in [0.3, 0.4) is 0 Å². The molecule has 1 atom stereocenters. The molecule has 0 amide bonds. The summed E-state index contributed by atoms with van der Waals surface area (Å²) < 4.78 is 5.35. The minimum Gasteiger partial charge on any atom is -0.480 e. The first kappa shape index (κ1) is 17.8. The molecule has 0 spiro atoms. The molecule has 0 aromatic heterocycles. The zero-order valence-corrected chi connectivity index (χ0v) is 13.8. The lowest BCUT2D eigenvalue weighted by Gasteiger charge is -2.32. The Morgan fingerprint density at radius 1 is 1.45 bits per heavy atom. The van der Waals surface area contributed by atoms with Crippen molar-refractivity contribution in [3.63, 3.8) is 0 Å². The third-order valence-electron chi connectivity index (χ3n) is 3.85. The summed E-state index contributed by atoms with van der Waals surface area (Å²) in [5.74, 6) is 0.323. The highest BCUT2D eigenvalue weighted by atomic mass is 32.2. The second-order valence-electron chi connectivity index (χ2n) is 5.83. The van der Waals surface area contributed by atoms with Gasteiger partial charge in [-0.25, -0.2) is 0 Å². The van der Waals surface area contributed by atoms with E-state index in [0.29, 0.717) is 18.1 Å². The van der Waals surface area contributed by atoms with Crippen molar-refractivity contribution in [3.05, 3.63) is 0 Å². The Kier molecular flexibility index (Phi) is 7.92. The predicted molar refractivity (Wildman–Crippen MR) is 84.5 cm³/mol. The topological polar surface area (TPSA) is 58.6 Å². The first-order chi connectivity index (χ1) is 9.50. The molecule has 0 saturated carbocycles. The lowest BCUT2D eigenvalue weighted by Crippen LogP contribution is -2.54. The second kappa shape index (κ2) is 8.90. The Balaban J connectivity index is 2.35. The molecule has 118 valence electrons. The van der Waals surface area contributed by atoms with Crippen LogP contribution >= 0.6 is 11.8 Å². The van der Waals surface area contributed by atoms with E-state index in [1.807, 2.05) is 32.5 Å². The third-order valence-corrected chi connectivity index (χ3v) is 5.31. The Morgan fingerprint density at radius 3 is 2.60 bits per heavy atom. The van der Waals surface area contributed by atoms with Crippen LogP contribution in [-0.2, 0) is 9.53 Å². The number of carboxylic acid groups (broad SMARTS) is 1. The number of hydrogen-bond donors (Lipinski definition) is 2. The third kappa shape index (κ3) is 5.62. The SMILES string of the molecule is CCC(CCCSC1CCOCC1)(NC(C)C)C(=O)O. The minimum atomic E-state index is -0.760. The van der Waals surface area contributed by atoms with Crippen LogP contribution < -0.4 is 5.32 Å². The molecule has 0 aliphatic carbocycles. The molecule has 1 aliphatic heterocycles. The van der Waals surface area contributed by atoms with Gasteiger partial charge >= 0.3 is 5.97 Å². The standard InChI is InChI=1S/C15H29NO3S/c1-4-15(14(17)18,16-12(2)3)8-5-11-20-13-6-9-19-10-7-13/h12-13,16H,4-11H2,1-3H3,(H,17,18). The number of rotatable bonds is 9. The number of carboxylic acids is 1. The summed E-state index contributed by atoms with van der Waals surface area (Å²) in [6, 6.07) is 0.189. The van der Waals surface area contributed by atoms with Crippen LogP contribution in [0.2, 0.25) is 0 Å². The molecule has 1 fully saturated rings.